The van der Waals surface area contributed by atoms with Gasteiger partial charge in [0.15, 0.2) is 0 Å². The summed E-state index contributed by atoms with van der Waals surface area (Å²) in [7, 11) is 2.20. The second-order valence-electron chi connectivity index (χ2n) is 5.14. The zero-order valence-corrected chi connectivity index (χ0v) is 10.7. The van der Waals surface area contributed by atoms with Gasteiger partial charge in [0.1, 0.15) is 0 Å². The molecule has 3 rings (SSSR count). The lowest BCUT2D eigenvalue weighted by Gasteiger charge is -2.33. The summed E-state index contributed by atoms with van der Waals surface area (Å²) in [4.78, 5) is 2.42. The molecule has 0 radical (unpaired) electrons. The SMILES string of the molecule is CN1CCC2NNC(c3ccc(Cl)cc3)C2C1. The van der Waals surface area contributed by atoms with Crippen LogP contribution < -0.4 is 10.9 Å². The molecule has 92 valence electrons. The predicted molar refractivity (Wildman–Crippen MR) is 69.9 cm³/mol. The monoisotopic (exact) mass is 251 g/mol. The van der Waals surface area contributed by atoms with Gasteiger partial charge < -0.3 is 4.90 Å². The van der Waals surface area contributed by atoms with E-state index < -0.39 is 0 Å². The molecule has 2 N–H and O–H groups in total. The van der Waals surface area contributed by atoms with Crippen LogP contribution in [0.3, 0.4) is 0 Å². The zero-order valence-electron chi connectivity index (χ0n) is 9.99. The van der Waals surface area contributed by atoms with Gasteiger partial charge in [0.2, 0.25) is 0 Å². The molecule has 3 nitrogen and oxygen atoms in total. The molecule has 3 atom stereocenters. The van der Waals surface area contributed by atoms with Gasteiger partial charge in [-0.3, -0.25) is 5.43 Å². The Balaban J connectivity index is 1.81. The Morgan fingerprint density at radius 1 is 1.24 bits per heavy atom. The van der Waals surface area contributed by atoms with Crippen LogP contribution in [0.4, 0.5) is 0 Å². The molecule has 1 aromatic carbocycles. The number of likely N-dealkylation sites (tertiary alicyclic amines) is 1. The minimum atomic E-state index is 0.403. The molecule has 2 aliphatic heterocycles. The van der Waals surface area contributed by atoms with Crippen molar-refractivity contribution in [1.82, 2.24) is 15.8 Å². The highest BCUT2D eigenvalue weighted by Gasteiger charge is 2.39. The topological polar surface area (TPSA) is 27.3 Å². The maximum Gasteiger partial charge on any atom is 0.0518 e. The number of piperidine rings is 1. The molecule has 2 saturated heterocycles. The first-order chi connectivity index (χ1) is 8.24. The Morgan fingerprint density at radius 2 is 2.00 bits per heavy atom. The fourth-order valence-corrected chi connectivity index (χ4v) is 3.10. The van der Waals surface area contributed by atoms with Crippen molar-refractivity contribution in [2.24, 2.45) is 5.92 Å². The third kappa shape index (κ3) is 2.20. The number of halogens is 1. The minimum absolute atomic E-state index is 0.403. The van der Waals surface area contributed by atoms with E-state index in [2.05, 4.69) is 34.9 Å². The average Bonchev–Trinajstić information content (AvgIpc) is 2.73. The first-order valence-corrected chi connectivity index (χ1v) is 6.57. The molecule has 17 heavy (non-hydrogen) atoms. The summed E-state index contributed by atoms with van der Waals surface area (Å²) in [5.74, 6) is 0.648. The molecule has 4 heteroatoms. The maximum atomic E-state index is 5.93. The van der Waals surface area contributed by atoms with Crippen LogP contribution in [0.5, 0.6) is 0 Å². The van der Waals surface area contributed by atoms with E-state index in [0.717, 1.165) is 11.6 Å². The third-order valence-corrected chi connectivity index (χ3v) is 4.19. The van der Waals surface area contributed by atoms with E-state index in [1.54, 1.807) is 0 Å². The van der Waals surface area contributed by atoms with Gasteiger partial charge in [0.05, 0.1) is 6.04 Å². The Bertz CT molecular complexity index is 392. The van der Waals surface area contributed by atoms with Gasteiger partial charge in [-0.25, -0.2) is 5.43 Å². The Labute approximate surface area is 107 Å². The van der Waals surface area contributed by atoms with Crippen molar-refractivity contribution in [3.63, 3.8) is 0 Å². The second kappa shape index (κ2) is 4.58. The third-order valence-electron chi connectivity index (χ3n) is 3.94. The number of hydrogen-bond acceptors (Lipinski definition) is 3. The summed E-state index contributed by atoms with van der Waals surface area (Å²) >= 11 is 5.93. The van der Waals surface area contributed by atoms with E-state index in [-0.39, 0.29) is 0 Å². The lowest BCUT2D eigenvalue weighted by molar-refractivity contribution is 0.185. The van der Waals surface area contributed by atoms with Crippen LogP contribution in [-0.2, 0) is 0 Å². The van der Waals surface area contributed by atoms with Crippen molar-refractivity contribution in [2.45, 2.75) is 18.5 Å². The Kier molecular flexibility index (Phi) is 3.09. The summed E-state index contributed by atoms with van der Waals surface area (Å²) < 4.78 is 0. The number of fused-ring (bicyclic) bond motifs is 1. The Morgan fingerprint density at radius 3 is 2.76 bits per heavy atom. The molecule has 2 aliphatic rings. The zero-order chi connectivity index (χ0) is 11.8. The molecule has 0 amide bonds. The fraction of sp³-hybridized carbons (Fsp3) is 0.538. The lowest BCUT2D eigenvalue weighted by Crippen LogP contribution is -2.43. The smallest absolute Gasteiger partial charge is 0.0518 e. The van der Waals surface area contributed by atoms with Crippen LogP contribution in [0.25, 0.3) is 0 Å². The van der Waals surface area contributed by atoms with Gasteiger partial charge in [0.25, 0.3) is 0 Å². The normalized spacial score (nSPS) is 33.6. The molecule has 0 spiro atoms. The van der Waals surface area contributed by atoms with Crippen LogP contribution in [0.15, 0.2) is 24.3 Å². The van der Waals surface area contributed by atoms with Crippen molar-refractivity contribution in [1.29, 1.82) is 0 Å². The average molecular weight is 252 g/mol. The highest BCUT2D eigenvalue weighted by atomic mass is 35.5. The molecule has 1 aromatic rings. The molecule has 2 heterocycles. The van der Waals surface area contributed by atoms with Gasteiger partial charge in [-0.1, -0.05) is 23.7 Å². The van der Waals surface area contributed by atoms with Crippen LogP contribution >= 0.6 is 11.6 Å². The summed E-state index contributed by atoms with van der Waals surface area (Å²) in [6, 6.07) is 9.20. The number of benzene rings is 1. The van der Waals surface area contributed by atoms with Crippen molar-refractivity contribution in [3.8, 4) is 0 Å². The summed E-state index contributed by atoms with van der Waals surface area (Å²) in [6.07, 6.45) is 1.22. The first kappa shape index (κ1) is 11.5. The highest BCUT2D eigenvalue weighted by Crippen LogP contribution is 2.33. The number of hydrogen-bond donors (Lipinski definition) is 2. The van der Waals surface area contributed by atoms with Crippen molar-refractivity contribution >= 4 is 11.6 Å². The maximum absolute atomic E-state index is 5.93. The molecule has 0 saturated carbocycles. The molecular weight excluding hydrogens is 234 g/mol. The van der Waals surface area contributed by atoms with E-state index >= 15 is 0 Å². The van der Waals surface area contributed by atoms with E-state index in [4.69, 9.17) is 11.6 Å². The van der Waals surface area contributed by atoms with Crippen LogP contribution in [0.2, 0.25) is 5.02 Å². The molecule has 0 aromatic heterocycles. The number of nitrogens with zero attached hydrogens (tertiary/aromatic N) is 1. The standard InChI is InChI=1S/C13H18ClN3/c1-17-7-6-12-11(8-17)13(16-15-12)9-2-4-10(14)5-3-9/h2-5,11-13,15-16H,6-8H2,1H3. The van der Waals surface area contributed by atoms with Crippen molar-refractivity contribution in [2.75, 3.05) is 20.1 Å². The fourth-order valence-electron chi connectivity index (χ4n) is 2.97. The molecule has 3 unspecified atom stereocenters. The Hall–Kier alpha value is -0.610. The summed E-state index contributed by atoms with van der Waals surface area (Å²) in [5.41, 5.74) is 8.19. The van der Waals surface area contributed by atoms with Crippen LogP contribution in [0, 0.1) is 5.92 Å². The van der Waals surface area contributed by atoms with Crippen molar-refractivity contribution < 1.29 is 0 Å². The minimum Gasteiger partial charge on any atom is -0.306 e. The first-order valence-electron chi connectivity index (χ1n) is 6.19. The van der Waals surface area contributed by atoms with Gasteiger partial charge in [-0.05, 0) is 37.7 Å². The van der Waals surface area contributed by atoms with E-state index in [0.29, 0.717) is 18.0 Å². The van der Waals surface area contributed by atoms with Gasteiger partial charge >= 0.3 is 0 Å². The van der Waals surface area contributed by atoms with E-state index in [1.807, 2.05) is 12.1 Å². The summed E-state index contributed by atoms with van der Waals surface area (Å²) in [6.45, 7) is 2.33. The molecule has 2 fully saturated rings. The van der Waals surface area contributed by atoms with E-state index in [1.165, 1.54) is 18.5 Å². The van der Waals surface area contributed by atoms with Gasteiger partial charge in [-0.15, -0.1) is 0 Å². The van der Waals surface area contributed by atoms with Gasteiger partial charge in [-0.2, -0.15) is 0 Å². The number of nitrogens with one attached hydrogen (secondary N) is 2. The number of hydrazine groups is 1. The van der Waals surface area contributed by atoms with Crippen LogP contribution in [0.1, 0.15) is 18.0 Å². The van der Waals surface area contributed by atoms with E-state index in [9.17, 15) is 0 Å². The lowest BCUT2D eigenvalue weighted by atomic mass is 9.85. The molecular formula is C13H18ClN3. The second-order valence-corrected chi connectivity index (χ2v) is 5.58. The largest absolute Gasteiger partial charge is 0.306 e. The quantitative estimate of drug-likeness (QED) is 0.797. The number of rotatable bonds is 1. The summed E-state index contributed by atoms with van der Waals surface area (Å²) in [5, 5.41) is 0.803. The molecule has 0 aliphatic carbocycles. The van der Waals surface area contributed by atoms with Gasteiger partial charge in [0, 0.05) is 23.5 Å². The van der Waals surface area contributed by atoms with Crippen molar-refractivity contribution in [3.05, 3.63) is 34.9 Å². The highest BCUT2D eigenvalue weighted by molar-refractivity contribution is 6.30. The van der Waals surface area contributed by atoms with Crippen LogP contribution in [-0.4, -0.2) is 31.1 Å². The predicted octanol–water partition coefficient (Wildman–Crippen LogP) is 1.81. The molecule has 0 bridgehead atoms.